The molecular weight excluding hydrogens is 1080 g/mol. The standard InChI is InChI=1S/C82H157NO5/c1-3-5-7-9-11-13-15-16-17-18-19-39-42-45-48-51-55-58-62-66-70-74-80(85)79(78-84)83-81(86)75-71-67-63-59-56-52-49-46-43-40-37-35-33-31-29-27-25-23-21-20-22-24-26-28-30-32-34-36-38-41-44-47-50-53-57-61-65-69-73-77-88-82(87)76-72-68-64-60-54-14-12-10-8-6-4-2/h20-21,24,26,70,74,79-80,84-85H,3-19,22-23,25,27-69,71-73,75-78H2,1-2H3,(H,83,86)/b21-20-,26-24-,74-70+. The van der Waals surface area contributed by atoms with Crippen LogP contribution < -0.4 is 5.32 Å². The number of carbonyl (C=O) groups excluding carboxylic acids is 2. The van der Waals surface area contributed by atoms with E-state index in [9.17, 15) is 19.8 Å². The Morgan fingerprint density at radius 3 is 0.864 bits per heavy atom. The zero-order chi connectivity index (χ0) is 63.5. The van der Waals surface area contributed by atoms with Crippen molar-refractivity contribution in [3.8, 4) is 0 Å². The van der Waals surface area contributed by atoms with Gasteiger partial charge in [-0.05, 0) is 64.2 Å². The van der Waals surface area contributed by atoms with Crippen LogP contribution in [-0.4, -0.2) is 47.4 Å². The predicted molar refractivity (Wildman–Crippen MR) is 389 cm³/mol. The Bertz CT molecular complexity index is 1430. The van der Waals surface area contributed by atoms with Crippen molar-refractivity contribution in [2.24, 2.45) is 0 Å². The maximum absolute atomic E-state index is 12.5. The van der Waals surface area contributed by atoms with E-state index in [1.54, 1.807) is 6.08 Å². The average Bonchev–Trinajstić information content (AvgIpc) is 3.55. The Balaban J connectivity index is 3.38. The Morgan fingerprint density at radius 2 is 0.568 bits per heavy atom. The number of carbonyl (C=O) groups is 2. The van der Waals surface area contributed by atoms with Gasteiger partial charge in [0.2, 0.25) is 5.91 Å². The minimum atomic E-state index is -0.844. The summed E-state index contributed by atoms with van der Waals surface area (Å²) in [4.78, 5) is 24.6. The van der Waals surface area contributed by atoms with E-state index in [1.165, 1.54) is 379 Å². The molecule has 3 N–H and O–H groups in total. The molecule has 0 aromatic carbocycles. The molecule has 0 bridgehead atoms. The normalized spacial score (nSPS) is 12.6. The molecule has 0 rings (SSSR count). The zero-order valence-electron chi connectivity index (χ0n) is 59.7. The number of nitrogens with one attached hydrogen (secondary N) is 1. The van der Waals surface area contributed by atoms with Gasteiger partial charge in [0.15, 0.2) is 0 Å². The third-order valence-corrected chi connectivity index (χ3v) is 18.9. The number of esters is 1. The molecule has 1 amide bonds. The number of unbranched alkanes of at least 4 members (excludes halogenated alkanes) is 61. The smallest absolute Gasteiger partial charge is 0.305 e. The van der Waals surface area contributed by atoms with Crippen molar-refractivity contribution < 1.29 is 24.5 Å². The molecule has 0 heterocycles. The van der Waals surface area contributed by atoms with Gasteiger partial charge in [0, 0.05) is 12.8 Å². The van der Waals surface area contributed by atoms with E-state index in [1.807, 2.05) is 6.08 Å². The lowest BCUT2D eigenvalue weighted by molar-refractivity contribution is -0.143. The molecule has 0 aromatic rings. The third kappa shape index (κ3) is 73.1. The molecule has 88 heavy (non-hydrogen) atoms. The quantitative estimate of drug-likeness (QED) is 0.0320. The van der Waals surface area contributed by atoms with Gasteiger partial charge in [-0.15, -0.1) is 0 Å². The highest BCUT2D eigenvalue weighted by Gasteiger charge is 2.18. The minimum Gasteiger partial charge on any atom is -0.466 e. The first kappa shape index (κ1) is 86.1. The molecule has 520 valence electrons. The molecule has 0 fully saturated rings. The van der Waals surface area contributed by atoms with Crippen molar-refractivity contribution >= 4 is 11.9 Å². The summed E-state index contributed by atoms with van der Waals surface area (Å²) in [7, 11) is 0. The lowest BCUT2D eigenvalue weighted by Gasteiger charge is -2.20. The van der Waals surface area contributed by atoms with Crippen LogP contribution in [0.4, 0.5) is 0 Å². The number of hydrogen-bond donors (Lipinski definition) is 3. The fourth-order valence-electron chi connectivity index (χ4n) is 12.8. The summed E-state index contributed by atoms with van der Waals surface area (Å²) in [6.45, 7) is 4.95. The van der Waals surface area contributed by atoms with Crippen molar-refractivity contribution in [2.75, 3.05) is 13.2 Å². The van der Waals surface area contributed by atoms with Crippen LogP contribution in [-0.2, 0) is 14.3 Å². The highest BCUT2D eigenvalue weighted by molar-refractivity contribution is 5.76. The van der Waals surface area contributed by atoms with Gasteiger partial charge in [0.05, 0.1) is 25.4 Å². The molecule has 0 aliphatic carbocycles. The Kier molecular flexibility index (Phi) is 75.8. The van der Waals surface area contributed by atoms with E-state index in [-0.39, 0.29) is 18.5 Å². The van der Waals surface area contributed by atoms with Gasteiger partial charge in [-0.3, -0.25) is 9.59 Å². The van der Waals surface area contributed by atoms with Gasteiger partial charge >= 0.3 is 5.97 Å². The van der Waals surface area contributed by atoms with Crippen molar-refractivity contribution in [3.63, 3.8) is 0 Å². The number of aliphatic hydroxyl groups is 2. The van der Waals surface area contributed by atoms with Crippen LogP contribution in [0.5, 0.6) is 0 Å². The number of aliphatic hydroxyl groups excluding tert-OH is 2. The first-order valence-electron chi connectivity index (χ1n) is 40.3. The number of ether oxygens (including phenoxy) is 1. The van der Waals surface area contributed by atoms with E-state index < -0.39 is 12.1 Å². The second kappa shape index (κ2) is 77.5. The Morgan fingerprint density at radius 1 is 0.318 bits per heavy atom. The lowest BCUT2D eigenvalue weighted by Crippen LogP contribution is -2.45. The van der Waals surface area contributed by atoms with E-state index in [0.29, 0.717) is 19.4 Å². The number of allylic oxidation sites excluding steroid dienone is 5. The SMILES string of the molecule is CCCCCCCCCCCCCCCCCCCCC/C=C/C(O)C(CO)NC(=O)CCCCCCCCCCCCCCCCCCC/C=C\C/C=C\CCCCCCCCCCCCCCCCCOC(=O)CCCCCCCCCCCCC. The summed E-state index contributed by atoms with van der Waals surface area (Å²) in [6, 6.07) is -0.627. The summed E-state index contributed by atoms with van der Waals surface area (Å²) in [6.07, 6.45) is 101. The fourth-order valence-corrected chi connectivity index (χ4v) is 12.8. The topological polar surface area (TPSA) is 95.9 Å². The molecule has 0 aliphatic heterocycles. The van der Waals surface area contributed by atoms with Gasteiger partial charge in [-0.1, -0.05) is 410 Å². The summed E-state index contributed by atoms with van der Waals surface area (Å²) in [5.74, 6) is -0.0399. The molecule has 6 nitrogen and oxygen atoms in total. The first-order valence-corrected chi connectivity index (χ1v) is 40.3. The zero-order valence-corrected chi connectivity index (χ0v) is 59.7. The second-order valence-corrected chi connectivity index (χ2v) is 27.8. The van der Waals surface area contributed by atoms with Crippen LogP contribution in [0.25, 0.3) is 0 Å². The van der Waals surface area contributed by atoms with Crippen molar-refractivity contribution in [1.29, 1.82) is 0 Å². The summed E-state index contributed by atoms with van der Waals surface area (Å²) in [5, 5.41) is 23.3. The van der Waals surface area contributed by atoms with Crippen molar-refractivity contribution in [3.05, 3.63) is 36.5 Å². The van der Waals surface area contributed by atoms with Crippen molar-refractivity contribution in [2.45, 2.75) is 463 Å². The summed E-state index contributed by atoms with van der Waals surface area (Å²) >= 11 is 0. The Labute approximate surface area is 551 Å². The van der Waals surface area contributed by atoms with Crippen molar-refractivity contribution in [1.82, 2.24) is 5.32 Å². The van der Waals surface area contributed by atoms with E-state index in [2.05, 4.69) is 43.5 Å². The highest BCUT2D eigenvalue weighted by Crippen LogP contribution is 2.20. The second-order valence-electron chi connectivity index (χ2n) is 27.8. The van der Waals surface area contributed by atoms with Crippen LogP contribution in [0.1, 0.15) is 450 Å². The van der Waals surface area contributed by atoms with Crippen LogP contribution in [0.2, 0.25) is 0 Å². The van der Waals surface area contributed by atoms with Gasteiger partial charge in [-0.2, -0.15) is 0 Å². The van der Waals surface area contributed by atoms with Gasteiger partial charge in [-0.25, -0.2) is 0 Å². The van der Waals surface area contributed by atoms with E-state index in [0.717, 1.165) is 44.9 Å². The van der Waals surface area contributed by atoms with Crippen LogP contribution in [0.3, 0.4) is 0 Å². The van der Waals surface area contributed by atoms with Crippen LogP contribution in [0.15, 0.2) is 36.5 Å². The molecule has 0 saturated carbocycles. The largest absolute Gasteiger partial charge is 0.466 e. The monoisotopic (exact) mass is 1240 g/mol. The third-order valence-electron chi connectivity index (χ3n) is 18.9. The lowest BCUT2D eigenvalue weighted by atomic mass is 10.0. The van der Waals surface area contributed by atoms with Gasteiger partial charge in [0.25, 0.3) is 0 Å². The molecule has 0 spiro atoms. The molecule has 2 unspecified atom stereocenters. The van der Waals surface area contributed by atoms with Crippen LogP contribution >= 0.6 is 0 Å². The fraction of sp³-hybridized carbons (Fsp3) is 0.902. The predicted octanol–water partition coefficient (Wildman–Crippen LogP) is 26.6. The molecule has 2 atom stereocenters. The molecule has 0 saturated heterocycles. The molecule has 0 aromatic heterocycles. The molecule has 0 radical (unpaired) electrons. The average molecular weight is 1240 g/mol. The first-order chi connectivity index (χ1) is 43.5. The maximum atomic E-state index is 12.5. The highest BCUT2D eigenvalue weighted by atomic mass is 16.5. The molecule has 6 heteroatoms. The molecular formula is C82H157NO5. The van der Waals surface area contributed by atoms with Crippen LogP contribution in [0, 0.1) is 0 Å². The summed E-state index contributed by atoms with van der Waals surface area (Å²) in [5.41, 5.74) is 0. The Hall–Kier alpha value is -1.92. The number of hydrogen-bond acceptors (Lipinski definition) is 5. The van der Waals surface area contributed by atoms with Gasteiger partial charge in [0.1, 0.15) is 0 Å². The maximum Gasteiger partial charge on any atom is 0.305 e. The van der Waals surface area contributed by atoms with Gasteiger partial charge < -0.3 is 20.3 Å². The molecule has 0 aliphatic rings. The van der Waals surface area contributed by atoms with E-state index >= 15 is 0 Å². The number of rotatable bonds is 76. The van der Waals surface area contributed by atoms with E-state index in [4.69, 9.17) is 4.74 Å². The number of amides is 1. The summed E-state index contributed by atoms with van der Waals surface area (Å²) < 4.78 is 5.48. The minimum absolute atomic E-state index is 0.0204.